The Kier molecular flexibility index (Phi) is 5.35. The lowest BCUT2D eigenvalue weighted by atomic mass is 10.1. The molecule has 7 nitrogen and oxygen atoms in total. The van der Waals surface area contributed by atoms with Gasteiger partial charge >= 0.3 is 0 Å². The molecular formula is C17H22N6O. The molecule has 0 amide bonds. The van der Waals surface area contributed by atoms with Crippen molar-refractivity contribution in [2.24, 2.45) is 0 Å². The van der Waals surface area contributed by atoms with Crippen molar-refractivity contribution in [3.05, 3.63) is 36.2 Å². The van der Waals surface area contributed by atoms with E-state index in [2.05, 4.69) is 20.2 Å². The van der Waals surface area contributed by atoms with Crippen LogP contribution in [0.3, 0.4) is 0 Å². The normalized spacial score (nSPS) is 16.2. The highest BCUT2D eigenvalue weighted by Crippen LogP contribution is 2.17. The molecular weight excluding hydrogens is 304 g/mol. The first kappa shape index (κ1) is 16.4. The summed E-state index contributed by atoms with van der Waals surface area (Å²) in [5.74, 6) is 0.463. The molecule has 1 aliphatic heterocycles. The molecule has 0 spiro atoms. The predicted octanol–water partition coefficient (Wildman–Crippen LogP) is 1.12. The van der Waals surface area contributed by atoms with Gasteiger partial charge in [-0.05, 0) is 18.2 Å². The van der Waals surface area contributed by atoms with Crippen molar-refractivity contribution in [3.63, 3.8) is 0 Å². The fourth-order valence-corrected chi connectivity index (χ4v) is 2.62. The monoisotopic (exact) mass is 326 g/mol. The molecule has 24 heavy (non-hydrogen) atoms. The maximum absolute atomic E-state index is 7.65. The van der Waals surface area contributed by atoms with Gasteiger partial charge < -0.3 is 21.2 Å². The molecule has 0 aromatic carbocycles. The molecule has 0 bridgehead atoms. The van der Waals surface area contributed by atoms with Gasteiger partial charge in [-0.25, -0.2) is 4.98 Å². The summed E-state index contributed by atoms with van der Waals surface area (Å²) in [6.45, 7) is 5.35. The van der Waals surface area contributed by atoms with Gasteiger partial charge in [-0.1, -0.05) is 0 Å². The van der Waals surface area contributed by atoms with E-state index in [1.54, 1.807) is 12.3 Å². The summed E-state index contributed by atoms with van der Waals surface area (Å²) in [6.07, 6.45) is 4.92. The highest BCUT2D eigenvalue weighted by molar-refractivity contribution is 6.08. The number of nitrogen functional groups attached to an aromatic ring is 1. The lowest BCUT2D eigenvalue weighted by Gasteiger charge is -2.26. The average molecular weight is 326 g/mol. The maximum atomic E-state index is 7.65. The molecule has 2 aromatic heterocycles. The van der Waals surface area contributed by atoms with Crippen LogP contribution < -0.4 is 11.1 Å². The Balaban J connectivity index is 1.65. The third-order valence-electron chi connectivity index (χ3n) is 3.98. The Hall–Kier alpha value is -2.51. The lowest BCUT2D eigenvalue weighted by molar-refractivity contribution is 0.0388. The molecule has 1 aliphatic rings. The van der Waals surface area contributed by atoms with Crippen molar-refractivity contribution >= 4 is 28.6 Å². The number of aromatic nitrogens is 2. The molecule has 0 saturated carbocycles. The van der Waals surface area contributed by atoms with Crippen LogP contribution in [0.5, 0.6) is 0 Å². The molecule has 0 unspecified atom stereocenters. The summed E-state index contributed by atoms with van der Waals surface area (Å²) < 4.78 is 5.34. The Morgan fingerprint density at radius 3 is 2.96 bits per heavy atom. The van der Waals surface area contributed by atoms with Gasteiger partial charge in [0.1, 0.15) is 5.82 Å². The van der Waals surface area contributed by atoms with Crippen molar-refractivity contribution in [1.29, 1.82) is 5.41 Å². The number of anilines is 1. The van der Waals surface area contributed by atoms with Crippen LogP contribution in [0.4, 0.5) is 5.82 Å². The minimum absolute atomic E-state index is 0.463. The van der Waals surface area contributed by atoms with E-state index in [1.165, 1.54) is 6.21 Å². The minimum Gasteiger partial charge on any atom is -0.389 e. The van der Waals surface area contributed by atoms with Crippen LogP contribution in [0.1, 0.15) is 5.56 Å². The Labute approximate surface area is 141 Å². The summed E-state index contributed by atoms with van der Waals surface area (Å²) in [6, 6.07) is 5.48. The zero-order valence-electron chi connectivity index (χ0n) is 13.5. The van der Waals surface area contributed by atoms with E-state index in [4.69, 9.17) is 15.9 Å². The van der Waals surface area contributed by atoms with E-state index in [0.29, 0.717) is 5.82 Å². The lowest BCUT2D eigenvalue weighted by Crippen LogP contribution is -2.39. The Bertz CT molecular complexity index is 739. The predicted molar refractivity (Wildman–Crippen MR) is 96.0 cm³/mol. The van der Waals surface area contributed by atoms with Crippen LogP contribution in [-0.4, -0.2) is 60.5 Å². The second-order valence-corrected chi connectivity index (χ2v) is 5.65. The topological polar surface area (TPSA) is 100 Å². The van der Waals surface area contributed by atoms with Crippen LogP contribution >= 0.6 is 0 Å². The second-order valence-electron chi connectivity index (χ2n) is 5.65. The SMILES string of the molecule is N=C/C(=C\NCCN1CCOCC1)c1cnc2ccc(N)nc2c1. The summed E-state index contributed by atoms with van der Waals surface area (Å²) >= 11 is 0. The van der Waals surface area contributed by atoms with E-state index in [1.807, 2.05) is 18.3 Å². The summed E-state index contributed by atoms with van der Waals surface area (Å²) in [7, 11) is 0. The fraction of sp³-hybridized carbons (Fsp3) is 0.353. The van der Waals surface area contributed by atoms with Crippen molar-refractivity contribution in [3.8, 4) is 0 Å². The minimum atomic E-state index is 0.463. The van der Waals surface area contributed by atoms with Gasteiger partial charge in [-0.15, -0.1) is 0 Å². The first-order valence-electron chi connectivity index (χ1n) is 8.03. The summed E-state index contributed by atoms with van der Waals surface area (Å²) in [4.78, 5) is 11.0. The van der Waals surface area contributed by atoms with Gasteiger partial charge in [-0.3, -0.25) is 9.88 Å². The molecule has 0 aliphatic carbocycles. The van der Waals surface area contributed by atoms with E-state index in [0.717, 1.165) is 61.6 Å². The molecule has 1 fully saturated rings. The molecule has 0 atom stereocenters. The van der Waals surface area contributed by atoms with Crippen LogP contribution in [0, 0.1) is 5.41 Å². The standard InChI is InChI=1S/C17H22N6O/c18-10-14(11-20-3-4-23-5-7-24-8-6-23)13-9-16-15(21-12-13)1-2-17(19)22-16/h1-2,9-12,18,20H,3-8H2,(H2,19,22)/b14-11+,18-10?. The first-order chi connectivity index (χ1) is 11.8. The molecule has 1 saturated heterocycles. The van der Waals surface area contributed by atoms with Gasteiger partial charge in [-0.2, -0.15) is 0 Å². The number of nitrogens with two attached hydrogens (primary N) is 1. The summed E-state index contributed by atoms with van der Waals surface area (Å²) in [5.41, 5.74) is 8.85. The zero-order chi connectivity index (χ0) is 16.8. The molecule has 2 aromatic rings. The first-order valence-corrected chi connectivity index (χ1v) is 8.03. The second kappa shape index (κ2) is 7.85. The van der Waals surface area contributed by atoms with Crippen LogP contribution in [0.15, 0.2) is 30.6 Å². The summed E-state index contributed by atoms with van der Waals surface area (Å²) in [5, 5.41) is 10.9. The molecule has 7 heteroatoms. The zero-order valence-corrected chi connectivity index (χ0v) is 13.5. The smallest absolute Gasteiger partial charge is 0.124 e. The molecule has 3 rings (SSSR count). The molecule has 126 valence electrons. The van der Waals surface area contributed by atoms with Crippen molar-refractivity contribution in [2.45, 2.75) is 0 Å². The van der Waals surface area contributed by atoms with E-state index in [9.17, 15) is 0 Å². The number of allylic oxidation sites excluding steroid dienone is 1. The quantitative estimate of drug-likeness (QED) is 0.543. The number of hydrogen-bond acceptors (Lipinski definition) is 7. The van der Waals surface area contributed by atoms with Crippen LogP contribution in [0.25, 0.3) is 16.6 Å². The molecule has 0 radical (unpaired) electrons. The average Bonchev–Trinajstić information content (AvgIpc) is 2.62. The van der Waals surface area contributed by atoms with Crippen LogP contribution in [0.2, 0.25) is 0 Å². The number of rotatable bonds is 6. The third-order valence-corrected chi connectivity index (χ3v) is 3.98. The van der Waals surface area contributed by atoms with Gasteiger partial charge in [0.2, 0.25) is 0 Å². The fourth-order valence-electron chi connectivity index (χ4n) is 2.62. The number of morpholine rings is 1. The van der Waals surface area contributed by atoms with Crippen molar-refractivity contribution in [2.75, 3.05) is 45.1 Å². The van der Waals surface area contributed by atoms with E-state index >= 15 is 0 Å². The third kappa shape index (κ3) is 4.06. The Morgan fingerprint density at radius 2 is 2.17 bits per heavy atom. The number of fused-ring (bicyclic) bond motifs is 1. The molecule has 3 heterocycles. The van der Waals surface area contributed by atoms with Crippen molar-refractivity contribution < 1.29 is 4.74 Å². The van der Waals surface area contributed by atoms with Gasteiger partial charge in [0, 0.05) is 55.9 Å². The van der Waals surface area contributed by atoms with E-state index in [-0.39, 0.29) is 0 Å². The van der Waals surface area contributed by atoms with Crippen molar-refractivity contribution in [1.82, 2.24) is 20.2 Å². The highest BCUT2D eigenvalue weighted by Gasteiger charge is 2.09. The number of pyridine rings is 2. The number of nitrogens with one attached hydrogen (secondary N) is 2. The maximum Gasteiger partial charge on any atom is 0.124 e. The number of hydrogen-bond donors (Lipinski definition) is 3. The number of nitrogens with zero attached hydrogens (tertiary/aromatic N) is 3. The Morgan fingerprint density at radius 1 is 1.33 bits per heavy atom. The highest BCUT2D eigenvalue weighted by atomic mass is 16.5. The van der Waals surface area contributed by atoms with Gasteiger partial charge in [0.25, 0.3) is 0 Å². The van der Waals surface area contributed by atoms with Gasteiger partial charge in [0.05, 0.1) is 24.2 Å². The molecule has 4 N–H and O–H groups in total. The number of ether oxygens (including phenoxy) is 1. The largest absolute Gasteiger partial charge is 0.389 e. The van der Waals surface area contributed by atoms with Crippen LogP contribution in [-0.2, 0) is 4.74 Å². The van der Waals surface area contributed by atoms with Gasteiger partial charge in [0.15, 0.2) is 0 Å². The van der Waals surface area contributed by atoms with E-state index < -0.39 is 0 Å².